The van der Waals surface area contributed by atoms with Gasteiger partial charge < -0.3 is 5.11 Å². The monoisotopic (exact) mass is 445 g/mol. The van der Waals surface area contributed by atoms with E-state index in [4.69, 9.17) is 4.98 Å². The van der Waals surface area contributed by atoms with Crippen LogP contribution in [0.15, 0.2) is 88.4 Å². The number of aromatic nitrogens is 1. The first-order chi connectivity index (χ1) is 14.1. The standard InChI is InChI=1S/C23H16BrN3O2/c24-17-9-7-16(8-10-17)22-13-20(19-3-1-2-4-21(19)26-22)23(29)27-25-14-15-5-11-18(28)12-6-15/h1-14,28H,(H,27,29). The molecule has 0 aliphatic carbocycles. The number of benzene rings is 3. The van der Waals surface area contributed by atoms with Gasteiger partial charge in [0.25, 0.3) is 5.91 Å². The second-order valence-electron chi connectivity index (χ2n) is 6.37. The first-order valence-electron chi connectivity index (χ1n) is 8.88. The van der Waals surface area contributed by atoms with Gasteiger partial charge >= 0.3 is 0 Å². The Kier molecular flexibility index (Phi) is 5.35. The molecule has 0 saturated heterocycles. The fraction of sp³-hybridized carbons (Fsp3) is 0. The first kappa shape index (κ1) is 18.8. The molecule has 0 aliphatic heterocycles. The van der Waals surface area contributed by atoms with Gasteiger partial charge in [-0.3, -0.25) is 4.79 Å². The Morgan fingerprint density at radius 1 is 1.00 bits per heavy atom. The first-order valence-corrected chi connectivity index (χ1v) is 9.67. The lowest BCUT2D eigenvalue weighted by molar-refractivity contribution is 0.0956. The van der Waals surface area contributed by atoms with Crippen LogP contribution in [0.4, 0.5) is 0 Å². The predicted molar refractivity (Wildman–Crippen MR) is 118 cm³/mol. The zero-order valence-electron chi connectivity index (χ0n) is 15.2. The zero-order valence-corrected chi connectivity index (χ0v) is 16.8. The summed E-state index contributed by atoms with van der Waals surface area (Å²) in [6.45, 7) is 0. The molecule has 0 unspecified atom stereocenters. The summed E-state index contributed by atoms with van der Waals surface area (Å²) in [5, 5.41) is 14.1. The van der Waals surface area contributed by atoms with E-state index < -0.39 is 0 Å². The van der Waals surface area contributed by atoms with Crippen LogP contribution >= 0.6 is 15.9 Å². The summed E-state index contributed by atoms with van der Waals surface area (Å²) < 4.78 is 0.976. The molecule has 4 rings (SSSR count). The van der Waals surface area contributed by atoms with Crippen molar-refractivity contribution in [2.75, 3.05) is 0 Å². The number of hydrogen-bond donors (Lipinski definition) is 2. The number of halogens is 1. The number of phenolic OH excluding ortho intramolecular Hbond substituents is 1. The maximum atomic E-state index is 12.8. The Balaban J connectivity index is 1.67. The van der Waals surface area contributed by atoms with E-state index in [0.717, 1.165) is 26.5 Å². The van der Waals surface area contributed by atoms with Gasteiger partial charge in [-0.2, -0.15) is 5.10 Å². The minimum absolute atomic E-state index is 0.176. The van der Waals surface area contributed by atoms with Gasteiger partial charge in [0, 0.05) is 15.4 Å². The number of aromatic hydroxyl groups is 1. The summed E-state index contributed by atoms with van der Waals surface area (Å²) in [7, 11) is 0. The fourth-order valence-corrected chi connectivity index (χ4v) is 3.18. The Morgan fingerprint density at radius 2 is 1.72 bits per heavy atom. The molecule has 0 bridgehead atoms. The highest BCUT2D eigenvalue weighted by atomic mass is 79.9. The average molecular weight is 446 g/mol. The quantitative estimate of drug-likeness (QED) is 0.337. The molecule has 2 N–H and O–H groups in total. The van der Waals surface area contributed by atoms with E-state index in [-0.39, 0.29) is 11.7 Å². The third-order valence-corrected chi connectivity index (χ3v) is 4.90. The van der Waals surface area contributed by atoms with Crippen molar-refractivity contribution in [3.63, 3.8) is 0 Å². The van der Waals surface area contributed by atoms with Crippen molar-refractivity contribution in [2.24, 2.45) is 5.10 Å². The molecule has 4 aromatic rings. The number of nitrogens with zero attached hydrogens (tertiary/aromatic N) is 2. The van der Waals surface area contributed by atoms with Crippen molar-refractivity contribution in [3.05, 3.63) is 94.5 Å². The van der Waals surface area contributed by atoms with Crippen LogP contribution in [-0.2, 0) is 0 Å². The van der Waals surface area contributed by atoms with Crippen LogP contribution < -0.4 is 5.43 Å². The largest absolute Gasteiger partial charge is 0.508 e. The second-order valence-corrected chi connectivity index (χ2v) is 7.29. The van der Waals surface area contributed by atoms with E-state index in [1.165, 1.54) is 6.21 Å². The highest BCUT2D eigenvalue weighted by Gasteiger charge is 2.13. The van der Waals surface area contributed by atoms with Crippen LogP contribution in [-0.4, -0.2) is 22.2 Å². The van der Waals surface area contributed by atoms with Crippen molar-refractivity contribution in [3.8, 4) is 17.0 Å². The normalized spacial score (nSPS) is 11.1. The maximum absolute atomic E-state index is 12.8. The number of hydrazone groups is 1. The van der Waals surface area contributed by atoms with Crippen molar-refractivity contribution >= 4 is 39.0 Å². The third-order valence-electron chi connectivity index (χ3n) is 4.37. The molecule has 0 spiro atoms. The Labute approximate surface area is 175 Å². The molecular formula is C23H16BrN3O2. The second kappa shape index (κ2) is 8.24. The number of hydrogen-bond acceptors (Lipinski definition) is 4. The van der Waals surface area contributed by atoms with Crippen LogP contribution in [0.2, 0.25) is 0 Å². The van der Waals surface area contributed by atoms with Gasteiger partial charge in [-0.1, -0.05) is 46.3 Å². The molecular weight excluding hydrogens is 430 g/mol. The van der Waals surface area contributed by atoms with Crippen LogP contribution in [0.5, 0.6) is 5.75 Å². The van der Waals surface area contributed by atoms with Crippen LogP contribution in [0.1, 0.15) is 15.9 Å². The lowest BCUT2D eigenvalue weighted by Gasteiger charge is -2.09. The summed E-state index contributed by atoms with van der Waals surface area (Å²) in [5.41, 5.74) is 6.20. The van der Waals surface area contributed by atoms with E-state index in [0.29, 0.717) is 11.3 Å². The Bertz CT molecular complexity index is 1200. The smallest absolute Gasteiger partial charge is 0.272 e. The van der Waals surface area contributed by atoms with Crippen LogP contribution in [0, 0.1) is 0 Å². The Hall–Kier alpha value is -3.51. The molecule has 29 heavy (non-hydrogen) atoms. The van der Waals surface area contributed by atoms with Gasteiger partial charge in [-0.15, -0.1) is 0 Å². The van der Waals surface area contributed by atoms with Gasteiger partial charge in [0.05, 0.1) is 23.0 Å². The number of fused-ring (bicyclic) bond motifs is 1. The molecule has 142 valence electrons. The number of rotatable bonds is 4. The van der Waals surface area contributed by atoms with E-state index in [1.807, 2.05) is 48.5 Å². The van der Waals surface area contributed by atoms with E-state index in [1.54, 1.807) is 30.3 Å². The van der Waals surface area contributed by atoms with Gasteiger partial charge in [-0.05, 0) is 54.1 Å². The minimum atomic E-state index is -0.322. The summed E-state index contributed by atoms with van der Waals surface area (Å²) >= 11 is 3.43. The number of amides is 1. The predicted octanol–water partition coefficient (Wildman–Crippen LogP) is 5.13. The molecule has 1 aromatic heterocycles. The molecule has 1 amide bonds. The molecule has 0 radical (unpaired) electrons. The number of para-hydroxylation sites is 1. The van der Waals surface area contributed by atoms with Crippen molar-refractivity contribution in [2.45, 2.75) is 0 Å². The highest BCUT2D eigenvalue weighted by molar-refractivity contribution is 9.10. The molecule has 0 aliphatic rings. The van der Waals surface area contributed by atoms with E-state index in [2.05, 4.69) is 26.5 Å². The van der Waals surface area contributed by atoms with E-state index >= 15 is 0 Å². The molecule has 0 atom stereocenters. The topological polar surface area (TPSA) is 74.6 Å². The van der Waals surface area contributed by atoms with Gasteiger partial charge in [-0.25, -0.2) is 10.4 Å². The maximum Gasteiger partial charge on any atom is 0.272 e. The summed E-state index contributed by atoms with van der Waals surface area (Å²) in [5.74, 6) is -0.146. The van der Waals surface area contributed by atoms with Gasteiger partial charge in [0.1, 0.15) is 5.75 Å². The average Bonchev–Trinajstić information content (AvgIpc) is 2.75. The van der Waals surface area contributed by atoms with Crippen molar-refractivity contribution in [1.82, 2.24) is 10.4 Å². The number of nitrogens with one attached hydrogen (secondary N) is 1. The highest BCUT2D eigenvalue weighted by Crippen LogP contribution is 2.26. The molecule has 6 heteroatoms. The van der Waals surface area contributed by atoms with Gasteiger partial charge in [0.15, 0.2) is 0 Å². The number of phenols is 1. The minimum Gasteiger partial charge on any atom is -0.508 e. The summed E-state index contributed by atoms with van der Waals surface area (Å²) in [4.78, 5) is 17.5. The number of carbonyl (C=O) groups excluding carboxylic acids is 1. The molecule has 3 aromatic carbocycles. The Morgan fingerprint density at radius 3 is 2.48 bits per heavy atom. The SMILES string of the molecule is O=C(NN=Cc1ccc(O)cc1)c1cc(-c2ccc(Br)cc2)nc2ccccc12. The summed E-state index contributed by atoms with van der Waals surface area (Å²) in [6.07, 6.45) is 1.52. The third kappa shape index (κ3) is 4.33. The molecule has 0 saturated carbocycles. The lowest BCUT2D eigenvalue weighted by Crippen LogP contribution is -2.18. The van der Waals surface area contributed by atoms with Crippen molar-refractivity contribution < 1.29 is 9.90 Å². The van der Waals surface area contributed by atoms with Crippen molar-refractivity contribution in [1.29, 1.82) is 0 Å². The molecule has 0 fully saturated rings. The molecule has 1 heterocycles. The van der Waals surface area contributed by atoms with Crippen LogP contribution in [0.3, 0.4) is 0 Å². The molecule has 5 nitrogen and oxygen atoms in total. The fourth-order valence-electron chi connectivity index (χ4n) is 2.92. The van der Waals surface area contributed by atoms with Crippen LogP contribution in [0.25, 0.3) is 22.2 Å². The zero-order chi connectivity index (χ0) is 20.2. The number of carbonyl (C=O) groups is 1. The van der Waals surface area contributed by atoms with E-state index in [9.17, 15) is 9.90 Å². The number of pyridine rings is 1. The lowest BCUT2D eigenvalue weighted by atomic mass is 10.0. The summed E-state index contributed by atoms with van der Waals surface area (Å²) in [6, 6.07) is 23.6. The van der Waals surface area contributed by atoms with Gasteiger partial charge in [0.2, 0.25) is 0 Å².